The summed E-state index contributed by atoms with van der Waals surface area (Å²) in [4.78, 5) is 0. The van der Waals surface area contributed by atoms with E-state index in [2.05, 4.69) is 58.5 Å². The molecule has 0 saturated heterocycles. The van der Waals surface area contributed by atoms with Crippen molar-refractivity contribution in [3.63, 3.8) is 0 Å². The van der Waals surface area contributed by atoms with E-state index >= 15 is 0 Å². The van der Waals surface area contributed by atoms with Crippen molar-refractivity contribution < 1.29 is 0 Å². The number of rotatable bonds is 4. The summed E-state index contributed by atoms with van der Waals surface area (Å²) in [6.45, 7) is 12.6. The molecule has 0 N–H and O–H groups in total. The SMILES string of the molecule is C=C(C)/C(=C\C)c1ccc(CCC)c(C)c1. The molecule has 0 saturated carbocycles. The molecular formula is C16H22. The van der Waals surface area contributed by atoms with Gasteiger partial charge in [-0.05, 0) is 49.5 Å². The Morgan fingerprint density at radius 2 is 2.06 bits per heavy atom. The highest BCUT2D eigenvalue weighted by Gasteiger charge is 2.04. The van der Waals surface area contributed by atoms with Gasteiger partial charge in [-0.1, -0.05) is 49.8 Å². The quantitative estimate of drug-likeness (QED) is 0.624. The van der Waals surface area contributed by atoms with Gasteiger partial charge in [0.05, 0.1) is 0 Å². The lowest BCUT2D eigenvalue weighted by Crippen LogP contribution is -1.92. The van der Waals surface area contributed by atoms with Crippen LogP contribution in [0.2, 0.25) is 0 Å². The predicted octanol–water partition coefficient (Wildman–Crippen LogP) is 4.93. The largest absolute Gasteiger partial charge is 0.0955 e. The van der Waals surface area contributed by atoms with Gasteiger partial charge in [-0.3, -0.25) is 0 Å². The Morgan fingerprint density at radius 3 is 2.50 bits per heavy atom. The molecule has 0 nitrogen and oxygen atoms in total. The molecule has 0 aliphatic carbocycles. The van der Waals surface area contributed by atoms with Gasteiger partial charge in [0.15, 0.2) is 0 Å². The zero-order valence-electron chi connectivity index (χ0n) is 10.9. The van der Waals surface area contributed by atoms with E-state index in [0.717, 1.165) is 5.57 Å². The van der Waals surface area contributed by atoms with Crippen LogP contribution in [-0.2, 0) is 6.42 Å². The highest BCUT2D eigenvalue weighted by molar-refractivity contribution is 5.78. The second-order valence-electron chi connectivity index (χ2n) is 4.37. The minimum absolute atomic E-state index is 1.13. The van der Waals surface area contributed by atoms with Gasteiger partial charge in [-0.25, -0.2) is 0 Å². The molecular weight excluding hydrogens is 192 g/mol. The standard InChI is InChI=1S/C16H22/c1-6-8-14-9-10-15(11-13(14)5)16(7-2)12(3)4/h7,9-11H,3,6,8H2,1-2,4-5H3/b16-7+. The Labute approximate surface area is 99.7 Å². The van der Waals surface area contributed by atoms with E-state index in [0.29, 0.717) is 0 Å². The van der Waals surface area contributed by atoms with Crippen molar-refractivity contribution in [3.05, 3.63) is 53.1 Å². The molecule has 0 radical (unpaired) electrons. The Hall–Kier alpha value is -1.30. The molecule has 0 atom stereocenters. The number of hydrogen-bond acceptors (Lipinski definition) is 0. The summed E-state index contributed by atoms with van der Waals surface area (Å²) in [6, 6.07) is 6.73. The molecule has 1 aromatic carbocycles. The number of hydrogen-bond donors (Lipinski definition) is 0. The fourth-order valence-electron chi connectivity index (χ4n) is 2.07. The van der Waals surface area contributed by atoms with E-state index in [1.165, 1.54) is 35.1 Å². The molecule has 16 heavy (non-hydrogen) atoms. The van der Waals surface area contributed by atoms with Crippen molar-refractivity contribution in [2.75, 3.05) is 0 Å². The van der Waals surface area contributed by atoms with Gasteiger partial charge in [0.25, 0.3) is 0 Å². The molecule has 0 bridgehead atoms. The first-order valence-corrected chi connectivity index (χ1v) is 6.02. The van der Waals surface area contributed by atoms with Crippen LogP contribution < -0.4 is 0 Å². The van der Waals surface area contributed by atoms with Crippen molar-refractivity contribution >= 4 is 5.57 Å². The average molecular weight is 214 g/mol. The van der Waals surface area contributed by atoms with Crippen LogP contribution in [0.3, 0.4) is 0 Å². The first-order chi connectivity index (χ1) is 7.60. The first kappa shape index (κ1) is 12.8. The van der Waals surface area contributed by atoms with Gasteiger partial charge in [0.2, 0.25) is 0 Å². The number of aryl methyl sites for hydroxylation is 2. The van der Waals surface area contributed by atoms with Gasteiger partial charge in [-0.15, -0.1) is 0 Å². The van der Waals surface area contributed by atoms with Crippen molar-refractivity contribution in [1.29, 1.82) is 0 Å². The monoisotopic (exact) mass is 214 g/mol. The lowest BCUT2D eigenvalue weighted by molar-refractivity contribution is 0.912. The van der Waals surface area contributed by atoms with Crippen LogP contribution in [0.25, 0.3) is 5.57 Å². The smallest absolute Gasteiger partial charge is 0.0182 e. The molecule has 1 rings (SSSR count). The normalized spacial score (nSPS) is 11.6. The molecule has 0 spiro atoms. The zero-order valence-corrected chi connectivity index (χ0v) is 10.9. The second-order valence-corrected chi connectivity index (χ2v) is 4.37. The molecule has 0 aromatic heterocycles. The van der Waals surface area contributed by atoms with Crippen molar-refractivity contribution in [2.45, 2.75) is 40.5 Å². The number of allylic oxidation sites excluding steroid dienone is 3. The summed E-state index contributed by atoms with van der Waals surface area (Å²) in [5.74, 6) is 0. The van der Waals surface area contributed by atoms with E-state index in [4.69, 9.17) is 0 Å². The Kier molecular flexibility index (Phi) is 4.54. The highest BCUT2D eigenvalue weighted by atomic mass is 14.1. The van der Waals surface area contributed by atoms with Crippen molar-refractivity contribution in [1.82, 2.24) is 0 Å². The summed E-state index contributed by atoms with van der Waals surface area (Å²) in [7, 11) is 0. The lowest BCUT2D eigenvalue weighted by Gasteiger charge is -2.10. The third-order valence-corrected chi connectivity index (χ3v) is 2.92. The average Bonchev–Trinajstić information content (AvgIpc) is 2.22. The van der Waals surface area contributed by atoms with Crippen molar-refractivity contribution in [3.8, 4) is 0 Å². The van der Waals surface area contributed by atoms with Crippen LogP contribution in [0, 0.1) is 6.92 Å². The van der Waals surface area contributed by atoms with Crippen LogP contribution in [0.4, 0.5) is 0 Å². The molecule has 0 fully saturated rings. The third kappa shape index (κ3) is 2.85. The minimum Gasteiger partial charge on any atom is -0.0955 e. The maximum absolute atomic E-state index is 4.02. The maximum Gasteiger partial charge on any atom is -0.0182 e. The van der Waals surface area contributed by atoms with Crippen LogP contribution >= 0.6 is 0 Å². The van der Waals surface area contributed by atoms with Gasteiger partial charge in [0, 0.05) is 0 Å². The van der Waals surface area contributed by atoms with Gasteiger partial charge < -0.3 is 0 Å². The van der Waals surface area contributed by atoms with E-state index in [1.54, 1.807) is 0 Å². The molecule has 1 aromatic rings. The molecule has 86 valence electrons. The molecule has 0 aliphatic rings. The topological polar surface area (TPSA) is 0 Å². The Balaban J connectivity index is 3.10. The maximum atomic E-state index is 4.02. The Morgan fingerprint density at radius 1 is 1.38 bits per heavy atom. The van der Waals surface area contributed by atoms with Crippen LogP contribution in [0.15, 0.2) is 36.4 Å². The summed E-state index contributed by atoms with van der Waals surface area (Å²) >= 11 is 0. The minimum atomic E-state index is 1.13. The number of benzene rings is 1. The van der Waals surface area contributed by atoms with E-state index in [9.17, 15) is 0 Å². The summed E-state index contributed by atoms with van der Waals surface area (Å²) in [5.41, 5.74) is 6.52. The van der Waals surface area contributed by atoms with Gasteiger partial charge in [-0.2, -0.15) is 0 Å². The van der Waals surface area contributed by atoms with Gasteiger partial charge >= 0.3 is 0 Å². The van der Waals surface area contributed by atoms with Crippen molar-refractivity contribution in [2.24, 2.45) is 0 Å². The summed E-state index contributed by atoms with van der Waals surface area (Å²) in [5, 5.41) is 0. The van der Waals surface area contributed by atoms with Gasteiger partial charge in [0.1, 0.15) is 0 Å². The van der Waals surface area contributed by atoms with Crippen LogP contribution in [-0.4, -0.2) is 0 Å². The second kappa shape index (κ2) is 5.69. The molecule has 0 heteroatoms. The summed E-state index contributed by atoms with van der Waals surface area (Å²) in [6.07, 6.45) is 4.51. The molecule has 0 aliphatic heterocycles. The molecule has 0 unspecified atom stereocenters. The fraction of sp³-hybridized carbons (Fsp3) is 0.375. The van der Waals surface area contributed by atoms with E-state index < -0.39 is 0 Å². The van der Waals surface area contributed by atoms with E-state index in [1.807, 2.05) is 0 Å². The first-order valence-electron chi connectivity index (χ1n) is 6.02. The van der Waals surface area contributed by atoms with Crippen LogP contribution in [0.1, 0.15) is 43.9 Å². The lowest BCUT2D eigenvalue weighted by atomic mass is 9.95. The Bertz CT molecular complexity index is 408. The van der Waals surface area contributed by atoms with Crippen LogP contribution in [0.5, 0.6) is 0 Å². The molecule has 0 heterocycles. The van der Waals surface area contributed by atoms with E-state index in [-0.39, 0.29) is 0 Å². The highest BCUT2D eigenvalue weighted by Crippen LogP contribution is 2.24. The molecule has 0 amide bonds. The zero-order chi connectivity index (χ0) is 12.1. The fourth-order valence-corrected chi connectivity index (χ4v) is 2.07. The predicted molar refractivity (Wildman–Crippen MR) is 73.6 cm³/mol. The third-order valence-electron chi connectivity index (χ3n) is 2.92. The summed E-state index contributed by atoms with van der Waals surface area (Å²) < 4.78 is 0.